The fourth-order valence-corrected chi connectivity index (χ4v) is 6.02. The number of nitrogens with zero attached hydrogens (tertiary/aromatic N) is 4. The van der Waals surface area contributed by atoms with E-state index in [2.05, 4.69) is 65.8 Å². The Kier molecular flexibility index (Phi) is 16.8. The number of ether oxygens (including phenoxy) is 1. The van der Waals surface area contributed by atoms with Crippen LogP contribution in [0, 0.1) is 34.1 Å². The van der Waals surface area contributed by atoms with Crippen LogP contribution in [0.2, 0.25) is 19.6 Å². The first-order chi connectivity index (χ1) is 24.3. The average molecular weight is 713 g/mol. The molecule has 1 heterocycles. The van der Waals surface area contributed by atoms with E-state index in [1.807, 2.05) is 86.6 Å². The minimum Gasteiger partial charge on any atom is -0.405 e. The summed E-state index contributed by atoms with van der Waals surface area (Å²) >= 11 is 0. The van der Waals surface area contributed by atoms with Gasteiger partial charge in [0, 0.05) is 37.7 Å². The van der Waals surface area contributed by atoms with Gasteiger partial charge in [0.1, 0.15) is 6.73 Å². The van der Waals surface area contributed by atoms with Crippen LogP contribution in [-0.4, -0.2) is 67.7 Å². The number of nitro groups is 2. The molecule has 4 aromatic rings. The summed E-state index contributed by atoms with van der Waals surface area (Å²) in [6.07, 6.45) is 2.41. The fraction of sp³-hybridized carbons (Fsp3) is 0.350. The zero-order valence-corrected chi connectivity index (χ0v) is 31.7. The van der Waals surface area contributed by atoms with Gasteiger partial charge in [-0.2, -0.15) is 0 Å². The molecule has 0 bridgehead atoms. The van der Waals surface area contributed by atoms with Crippen LogP contribution in [0.5, 0.6) is 0 Å². The SMILES string of the molecule is COCN(CO[Si](C)(C)C)Cc1ccccc1.Cc1ccc(/C=C/[N+](=O)[O-])cc1.Cc1ccc([C@@H]2CN(Cc3ccccc3)C[C@H]2[N+](=O)[O-])cc1. The van der Waals surface area contributed by atoms with E-state index in [0.717, 1.165) is 42.5 Å². The highest BCUT2D eigenvalue weighted by atomic mass is 28.4. The first-order valence-corrected chi connectivity index (χ1v) is 20.5. The van der Waals surface area contributed by atoms with Crippen molar-refractivity contribution in [2.75, 3.05) is 33.7 Å². The van der Waals surface area contributed by atoms with Crippen LogP contribution >= 0.6 is 0 Å². The number of methoxy groups -OCH3 is 1. The highest BCUT2D eigenvalue weighted by Gasteiger charge is 2.41. The van der Waals surface area contributed by atoms with E-state index in [0.29, 0.717) is 20.0 Å². The van der Waals surface area contributed by atoms with Crippen molar-refractivity contribution in [3.05, 3.63) is 169 Å². The van der Waals surface area contributed by atoms with E-state index >= 15 is 0 Å². The Labute approximate surface area is 303 Å². The Morgan fingerprint density at radius 2 is 1.33 bits per heavy atom. The molecule has 0 aromatic heterocycles. The molecule has 10 nitrogen and oxygen atoms in total. The van der Waals surface area contributed by atoms with Crippen LogP contribution in [-0.2, 0) is 22.3 Å². The van der Waals surface area contributed by atoms with E-state index in [9.17, 15) is 20.2 Å². The monoisotopic (exact) mass is 712 g/mol. The molecule has 1 aliphatic rings. The minimum atomic E-state index is -1.46. The number of benzene rings is 4. The average Bonchev–Trinajstić information content (AvgIpc) is 3.53. The van der Waals surface area contributed by atoms with Crippen LogP contribution in [0.4, 0.5) is 0 Å². The maximum absolute atomic E-state index is 11.4. The molecule has 2 atom stereocenters. The lowest BCUT2D eigenvalue weighted by molar-refractivity contribution is -0.521. The summed E-state index contributed by atoms with van der Waals surface area (Å²) in [5.74, 6) is -0.0284. The Balaban J connectivity index is 0.000000217. The molecule has 5 rings (SSSR count). The van der Waals surface area contributed by atoms with Gasteiger partial charge in [0.05, 0.1) is 24.1 Å². The van der Waals surface area contributed by atoms with Gasteiger partial charge in [-0.3, -0.25) is 30.0 Å². The number of rotatable bonds is 13. The van der Waals surface area contributed by atoms with E-state index in [1.54, 1.807) is 7.11 Å². The first-order valence-electron chi connectivity index (χ1n) is 17.1. The molecule has 51 heavy (non-hydrogen) atoms. The summed E-state index contributed by atoms with van der Waals surface area (Å²) in [6.45, 7) is 14.7. The maximum Gasteiger partial charge on any atom is 0.235 e. The molecular formula is C40H52N4O6Si. The molecule has 0 unspecified atom stereocenters. The predicted molar refractivity (Wildman–Crippen MR) is 207 cm³/mol. The van der Waals surface area contributed by atoms with E-state index in [1.165, 1.54) is 22.8 Å². The third-order valence-electron chi connectivity index (χ3n) is 8.10. The van der Waals surface area contributed by atoms with Crippen molar-refractivity contribution in [1.82, 2.24) is 9.80 Å². The highest BCUT2D eigenvalue weighted by molar-refractivity contribution is 6.69. The third-order valence-corrected chi connectivity index (χ3v) is 9.09. The van der Waals surface area contributed by atoms with E-state index < -0.39 is 19.3 Å². The molecule has 11 heteroatoms. The van der Waals surface area contributed by atoms with Gasteiger partial charge in [-0.1, -0.05) is 120 Å². The molecule has 0 amide bonds. The molecule has 1 fully saturated rings. The van der Waals surface area contributed by atoms with Crippen molar-refractivity contribution in [1.29, 1.82) is 0 Å². The molecule has 272 valence electrons. The summed E-state index contributed by atoms with van der Waals surface area (Å²) in [6, 6.07) is 35.7. The summed E-state index contributed by atoms with van der Waals surface area (Å²) in [5.41, 5.74) is 6.73. The quantitative estimate of drug-likeness (QED) is 0.0589. The van der Waals surface area contributed by atoms with Gasteiger partial charge in [0.15, 0.2) is 8.32 Å². The number of likely N-dealkylation sites (tertiary alicyclic amines) is 1. The second-order valence-corrected chi connectivity index (χ2v) is 18.2. The largest absolute Gasteiger partial charge is 0.405 e. The molecule has 4 aromatic carbocycles. The van der Waals surface area contributed by atoms with Gasteiger partial charge in [-0.25, -0.2) is 0 Å². The van der Waals surface area contributed by atoms with Crippen LogP contribution in [0.3, 0.4) is 0 Å². The van der Waals surface area contributed by atoms with Gasteiger partial charge in [0.25, 0.3) is 0 Å². The van der Waals surface area contributed by atoms with Crippen LogP contribution in [0.1, 0.15) is 39.3 Å². The van der Waals surface area contributed by atoms with Crippen molar-refractivity contribution in [3.63, 3.8) is 0 Å². The Morgan fingerprint density at radius 3 is 1.84 bits per heavy atom. The van der Waals surface area contributed by atoms with Crippen molar-refractivity contribution < 1.29 is 19.0 Å². The summed E-state index contributed by atoms with van der Waals surface area (Å²) in [4.78, 5) is 25.1. The maximum atomic E-state index is 11.4. The lowest BCUT2D eigenvalue weighted by Gasteiger charge is -2.26. The minimum absolute atomic E-state index is 0.0284. The van der Waals surface area contributed by atoms with Crippen molar-refractivity contribution in [3.8, 4) is 0 Å². The van der Waals surface area contributed by atoms with Crippen LogP contribution in [0.25, 0.3) is 6.08 Å². The molecule has 0 radical (unpaired) electrons. The second kappa shape index (κ2) is 21.0. The lowest BCUT2D eigenvalue weighted by atomic mass is 9.94. The number of hydrogen-bond acceptors (Lipinski definition) is 8. The zero-order chi connectivity index (χ0) is 37.2. The van der Waals surface area contributed by atoms with Crippen molar-refractivity contribution in [2.24, 2.45) is 0 Å². The number of aryl methyl sites for hydroxylation is 2. The first kappa shape index (κ1) is 40.9. The molecular weight excluding hydrogens is 661 g/mol. The van der Waals surface area contributed by atoms with Gasteiger partial charge < -0.3 is 9.16 Å². The Morgan fingerprint density at radius 1 is 0.784 bits per heavy atom. The standard InChI is InChI=1S/C18H20N2O2.C13H23NO2Si.C9H9NO2/c1-14-7-9-16(10-8-14)17-12-19(13-18(17)20(21)22)11-15-5-3-2-4-6-15;1-15-11-14(12-16-17(2,3)4)10-13-8-6-5-7-9-13;1-8-2-4-9(5-3-8)6-7-10(11)12/h2-10,17-18H,11-13H2,1H3;5-9H,10-12H2,1-4H3;2-7H,1H3/b;;7-6+/t17-,18+;;/m0../s1. The van der Waals surface area contributed by atoms with E-state index in [-0.39, 0.29) is 10.8 Å². The van der Waals surface area contributed by atoms with Crippen LogP contribution in [0.15, 0.2) is 115 Å². The molecule has 1 saturated heterocycles. The summed E-state index contributed by atoms with van der Waals surface area (Å²) in [5, 5.41) is 21.4. The molecule has 1 aliphatic heterocycles. The fourth-order valence-electron chi connectivity index (χ4n) is 5.45. The predicted octanol–water partition coefficient (Wildman–Crippen LogP) is 8.38. The van der Waals surface area contributed by atoms with Gasteiger partial charge in [-0.05, 0) is 55.7 Å². The highest BCUT2D eigenvalue weighted by Crippen LogP contribution is 2.30. The summed E-state index contributed by atoms with van der Waals surface area (Å²) < 4.78 is 11.1. The van der Waals surface area contributed by atoms with Crippen molar-refractivity contribution >= 4 is 14.4 Å². The number of hydrogen-bond donors (Lipinski definition) is 0. The Bertz CT molecular complexity index is 1630. The second-order valence-electron chi connectivity index (χ2n) is 13.7. The third kappa shape index (κ3) is 15.9. The normalized spacial score (nSPS) is 15.9. The van der Waals surface area contributed by atoms with Gasteiger partial charge in [-0.15, -0.1) is 0 Å². The molecule has 0 spiro atoms. The molecule has 0 saturated carbocycles. The summed E-state index contributed by atoms with van der Waals surface area (Å²) in [7, 11) is 0.251. The Hall–Kier alpha value is -4.52. The van der Waals surface area contributed by atoms with Gasteiger partial charge in [0.2, 0.25) is 12.2 Å². The van der Waals surface area contributed by atoms with Gasteiger partial charge >= 0.3 is 0 Å². The van der Waals surface area contributed by atoms with E-state index in [4.69, 9.17) is 9.16 Å². The molecule has 0 N–H and O–H groups in total. The van der Waals surface area contributed by atoms with Crippen molar-refractivity contribution in [2.45, 2.75) is 58.5 Å². The zero-order valence-electron chi connectivity index (χ0n) is 30.7. The van der Waals surface area contributed by atoms with Crippen LogP contribution < -0.4 is 0 Å². The smallest absolute Gasteiger partial charge is 0.235 e. The topological polar surface area (TPSA) is 111 Å². The molecule has 0 aliphatic carbocycles. The lowest BCUT2D eigenvalue weighted by Crippen LogP contribution is -2.35.